The number of methoxy groups -OCH3 is 1. The van der Waals surface area contributed by atoms with Gasteiger partial charge < -0.3 is 19.8 Å². The highest BCUT2D eigenvalue weighted by Gasteiger charge is 2.25. The Labute approximate surface area is 191 Å². The molecule has 0 radical (unpaired) electrons. The van der Waals surface area contributed by atoms with Gasteiger partial charge in [0.2, 0.25) is 0 Å². The number of carbonyl (C=O) groups is 2. The molecule has 168 valence electrons. The van der Waals surface area contributed by atoms with Gasteiger partial charge >= 0.3 is 5.97 Å². The number of morpholine rings is 1. The lowest BCUT2D eigenvalue weighted by Crippen LogP contribution is -2.37. The van der Waals surface area contributed by atoms with Crippen molar-refractivity contribution in [2.75, 3.05) is 40.0 Å². The third-order valence-corrected chi connectivity index (χ3v) is 6.29. The van der Waals surface area contributed by atoms with Gasteiger partial charge in [-0.25, -0.2) is 0 Å². The molecule has 0 saturated carbocycles. The number of hydrogen-bond donors (Lipinski definition) is 1. The molecule has 1 aromatic heterocycles. The number of rotatable bonds is 9. The summed E-state index contributed by atoms with van der Waals surface area (Å²) < 4.78 is 13.4. The largest absolute Gasteiger partial charge is 0.469 e. The topological polar surface area (TPSA) is 86.8 Å². The van der Waals surface area contributed by atoms with Crippen LogP contribution in [0.15, 0.2) is 28.7 Å². The van der Waals surface area contributed by atoms with E-state index < -0.39 is 5.91 Å². The number of benzene rings is 1. The van der Waals surface area contributed by atoms with Gasteiger partial charge in [0.15, 0.2) is 0 Å². The standard InChI is InChI=1S/C23H30BrN3O4/c1-16-21(23(25)29)22(17-4-6-18(24)7-5-17)19(8-9-20(28)30-2)27(16)11-3-10-26-12-14-31-15-13-26/h4-7H,3,8-15H2,1-2H3,(H2,25,29). The van der Waals surface area contributed by atoms with Gasteiger partial charge in [-0.1, -0.05) is 28.1 Å². The van der Waals surface area contributed by atoms with Gasteiger partial charge in [-0.2, -0.15) is 0 Å². The molecule has 2 aromatic rings. The van der Waals surface area contributed by atoms with E-state index in [0.29, 0.717) is 12.0 Å². The van der Waals surface area contributed by atoms with Gasteiger partial charge in [0.1, 0.15) is 0 Å². The Hall–Kier alpha value is -2.16. The van der Waals surface area contributed by atoms with E-state index >= 15 is 0 Å². The summed E-state index contributed by atoms with van der Waals surface area (Å²) in [5.41, 5.74) is 9.85. The predicted molar refractivity (Wildman–Crippen MR) is 123 cm³/mol. The Morgan fingerprint density at radius 3 is 2.45 bits per heavy atom. The Balaban J connectivity index is 1.96. The highest BCUT2D eigenvalue weighted by molar-refractivity contribution is 9.10. The minimum atomic E-state index is -0.457. The van der Waals surface area contributed by atoms with Crippen molar-refractivity contribution < 1.29 is 19.1 Å². The van der Waals surface area contributed by atoms with Crippen LogP contribution in [-0.2, 0) is 27.2 Å². The van der Waals surface area contributed by atoms with E-state index in [0.717, 1.165) is 72.8 Å². The molecule has 1 amide bonds. The number of aromatic nitrogens is 1. The Bertz CT molecular complexity index is 918. The number of esters is 1. The molecule has 7 nitrogen and oxygen atoms in total. The van der Waals surface area contributed by atoms with E-state index in [4.69, 9.17) is 15.2 Å². The van der Waals surface area contributed by atoms with Gasteiger partial charge in [0.05, 0.1) is 32.3 Å². The highest BCUT2D eigenvalue weighted by Crippen LogP contribution is 2.34. The third kappa shape index (κ3) is 5.75. The van der Waals surface area contributed by atoms with Gasteiger partial charge in [-0.05, 0) is 37.5 Å². The van der Waals surface area contributed by atoms with E-state index in [1.807, 2.05) is 31.2 Å². The van der Waals surface area contributed by atoms with Crippen LogP contribution >= 0.6 is 15.9 Å². The van der Waals surface area contributed by atoms with E-state index in [1.54, 1.807) is 0 Å². The fourth-order valence-corrected chi connectivity index (χ4v) is 4.45. The van der Waals surface area contributed by atoms with Crippen LogP contribution < -0.4 is 5.73 Å². The molecular formula is C23H30BrN3O4. The molecule has 1 aromatic carbocycles. The molecule has 1 fully saturated rings. The first-order valence-electron chi connectivity index (χ1n) is 10.6. The van der Waals surface area contributed by atoms with Crippen LogP contribution in [0.2, 0.25) is 0 Å². The molecule has 1 aliphatic rings. The van der Waals surface area contributed by atoms with Crippen LogP contribution in [0.1, 0.15) is 34.6 Å². The van der Waals surface area contributed by atoms with E-state index in [2.05, 4.69) is 25.4 Å². The van der Waals surface area contributed by atoms with E-state index in [-0.39, 0.29) is 12.4 Å². The second-order valence-corrected chi connectivity index (χ2v) is 8.60. The van der Waals surface area contributed by atoms with Crippen LogP contribution in [0, 0.1) is 6.92 Å². The molecule has 0 bridgehead atoms. The molecule has 1 aliphatic heterocycles. The van der Waals surface area contributed by atoms with Crippen LogP contribution in [-0.4, -0.2) is 61.3 Å². The predicted octanol–water partition coefficient (Wildman–Crippen LogP) is 3.15. The van der Waals surface area contributed by atoms with Crippen molar-refractivity contribution in [3.05, 3.63) is 45.7 Å². The summed E-state index contributed by atoms with van der Waals surface area (Å²) in [6.07, 6.45) is 1.65. The van der Waals surface area contributed by atoms with Gasteiger partial charge in [-0.15, -0.1) is 0 Å². The zero-order valence-corrected chi connectivity index (χ0v) is 19.7. The lowest BCUT2D eigenvalue weighted by molar-refractivity contribution is -0.140. The Morgan fingerprint density at radius 1 is 1.16 bits per heavy atom. The number of carbonyl (C=O) groups excluding carboxylic acids is 2. The lowest BCUT2D eigenvalue weighted by Gasteiger charge is -2.26. The number of nitrogens with two attached hydrogens (primary N) is 1. The molecular weight excluding hydrogens is 462 g/mol. The number of primary amides is 1. The van der Waals surface area contributed by atoms with Crippen molar-refractivity contribution in [2.24, 2.45) is 5.73 Å². The van der Waals surface area contributed by atoms with Crippen LogP contribution in [0.25, 0.3) is 11.1 Å². The van der Waals surface area contributed by atoms with E-state index in [1.165, 1.54) is 7.11 Å². The summed E-state index contributed by atoms with van der Waals surface area (Å²) in [5.74, 6) is -0.734. The zero-order chi connectivity index (χ0) is 22.4. The number of nitrogens with zero attached hydrogens (tertiary/aromatic N) is 2. The average Bonchev–Trinajstić information content (AvgIpc) is 3.05. The van der Waals surface area contributed by atoms with Gasteiger partial charge in [-0.3, -0.25) is 14.5 Å². The second kappa shape index (κ2) is 10.9. The first-order valence-corrected chi connectivity index (χ1v) is 11.4. The fourth-order valence-electron chi connectivity index (χ4n) is 4.19. The SMILES string of the molecule is COC(=O)CCc1c(-c2ccc(Br)cc2)c(C(N)=O)c(C)n1CCCN1CCOCC1. The molecule has 0 spiro atoms. The van der Waals surface area contributed by atoms with Crippen LogP contribution in [0.4, 0.5) is 0 Å². The maximum absolute atomic E-state index is 12.4. The number of hydrogen-bond acceptors (Lipinski definition) is 5. The Morgan fingerprint density at radius 2 is 1.84 bits per heavy atom. The maximum atomic E-state index is 12.4. The summed E-state index contributed by atoms with van der Waals surface area (Å²) in [5, 5.41) is 0. The van der Waals surface area contributed by atoms with Crippen molar-refractivity contribution >= 4 is 27.8 Å². The summed E-state index contributed by atoms with van der Waals surface area (Å²) in [4.78, 5) is 26.7. The molecule has 2 heterocycles. The van der Waals surface area contributed by atoms with Crippen molar-refractivity contribution in [1.29, 1.82) is 0 Å². The quantitative estimate of drug-likeness (QED) is 0.544. The van der Waals surface area contributed by atoms with E-state index in [9.17, 15) is 9.59 Å². The second-order valence-electron chi connectivity index (χ2n) is 7.69. The molecule has 2 N–H and O–H groups in total. The normalized spacial score (nSPS) is 14.5. The first kappa shape index (κ1) is 23.5. The summed E-state index contributed by atoms with van der Waals surface area (Å²) in [6, 6.07) is 7.81. The van der Waals surface area contributed by atoms with Crippen molar-refractivity contribution in [2.45, 2.75) is 32.7 Å². The fraction of sp³-hybridized carbons (Fsp3) is 0.478. The molecule has 1 saturated heterocycles. The van der Waals surface area contributed by atoms with Crippen molar-refractivity contribution in [3.8, 4) is 11.1 Å². The van der Waals surface area contributed by atoms with Gasteiger partial charge in [0, 0.05) is 47.6 Å². The van der Waals surface area contributed by atoms with Crippen LogP contribution in [0.5, 0.6) is 0 Å². The summed E-state index contributed by atoms with van der Waals surface area (Å²) >= 11 is 3.46. The average molecular weight is 492 g/mol. The number of ether oxygens (including phenoxy) is 2. The molecule has 0 atom stereocenters. The van der Waals surface area contributed by atoms with Crippen molar-refractivity contribution in [3.63, 3.8) is 0 Å². The zero-order valence-electron chi connectivity index (χ0n) is 18.2. The smallest absolute Gasteiger partial charge is 0.305 e. The summed E-state index contributed by atoms with van der Waals surface area (Å²) in [6.45, 7) is 7.05. The number of halogens is 1. The Kier molecular flexibility index (Phi) is 8.28. The number of amides is 1. The molecule has 8 heteroatoms. The molecule has 0 aliphatic carbocycles. The minimum Gasteiger partial charge on any atom is -0.469 e. The van der Waals surface area contributed by atoms with Crippen LogP contribution in [0.3, 0.4) is 0 Å². The van der Waals surface area contributed by atoms with Crippen molar-refractivity contribution in [1.82, 2.24) is 9.47 Å². The highest BCUT2D eigenvalue weighted by atomic mass is 79.9. The maximum Gasteiger partial charge on any atom is 0.305 e. The lowest BCUT2D eigenvalue weighted by atomic mass is 9.98. The monoisotopic (exact) mass is 491 g/mol. The minimum absolute atomic E-state index is 0.241. The third-order valence-electron chi connectivity index (χ3n) is 5.76. The molecule has 3 rings (SSSR count). The molecule has 31 heavy (non-hydrogen) atoms. The molecule has 0 unspecified atom stereocenters. The van der Waals surface area contributed by atoms with Gasteiger partial charge in [0.25, 0.3) is 5.91 Å². The first-order chi connectivity index (χ1) is 14.9. The summed E-state index contributed by atoms with van der Waals surface area (Å²) in [7, 11) is 1.39.